The van der Waals surface area contributed by atoms with E-state index < -0.39 is 39.7 Å². The van der Waals surface area contributed by atoms with Crippen molar-refractivity contribution >= 4 is 27.2 Å². The summed E-state index contributed by atoms with van der Waals surface area (Å²) in [6, 6.07) is 0. The van der Waals surface area contributed by atoms with Crippen LogP contribution >= 0.6 is 15.6 Å². The van der Waals surface area contributed by atoms with Gasteiger partial charge in [0.2, 0.25) is 11.6 Å². The Labute approximate surface area is 96.6 Å². The Balaban J connectivity index is 4.39. The normalized spacial score (nSPS) is 15.6. The molecule has 0 aromatic carbocycles. The molecular weight excluding hydrogens is 278 g/mol. The zero-order chi connectivity index (χ0) is 13.9. The fraction of sp³-hybridized carbons (Fsp3) is 0.667. The van der Waals surface area contributed by atoms with Crippen molar-refractivity contribution in [2.45, 2.75) is 13.8 Å². The second-order valence-corrected chi connectivity index (χ2v) is 6.09. The molecule has 9 nitrogen and oxygen atoms in total. The van der Waals surface area contributed by atoms with Gasteiger partial charge in [-0.2, -0.15) is 4.31 Å². The number of rotatable bonds is 7. The molecule has 0 fully saturated rings. The molecule has 11 heteroatoms. The highest BCUT2D eigenvalue weighted by molar-refractivity contribution is 7.60. The predicted octanol–water partition coefficient (Wildman–Crippen LogP) is 0.00690. The Morgan fingerprint density at radius 3 is 2.00 bits per heavy atom. The van der Waals surface area contributed by atoms with Gasteiger partial charge in [-0.15, -0.1) is 0 Å². The lowest BCUT2D eigenvalue weighted by Crippen LogP contribution is -2.23. The molecule has 0 heterocycles. The van der Waals surface area contributed by atoms with Gasteiger partial charge in [0.05, 0.1) is 0 Å². The molecule has 17 heavy (non-hydrogen) atoms. The van der Waals surface area contributed by atoms with E-state index in [0.717, 1.165) is 0 Å². The Hall–Kier alpha value is -0.400. The third-order valence-corrected chi connectivity index (χ3v) is 3.50. The summed E-state index contributed by atoms with van der Waals surface area (Å²) in [5.74, 6) is -2.54. The van der Waals surface area contributed by atoms with E-state index in [1.165, 1.54) is 13.8 Å². The maximum Gasteiger partial charge on any atom is 0.481 e. The second kappa shape index (κ2) is 5.97. The fourth-order valence-corrected chi connectivity index (χ4v) is 2.24. The maximum atomic E-state index is 11.0. The average molecular weight is 290 g/mol. The van der Waals surface area contributed by atoms with Crippen LogP contribution in [0.4, 0.5) is 0 Å². The van der Waals surface area contributed by atoms with Gasteiger partial charge in [0, 0.05) is 5.92 Å². The smallest absolute Gasteiger partial charge is 0.302 e. The highest BCUT2D eigenvalue weighted by Crippen LogP contribution is 2.57. The third kappa shape index (κ3) is 7.51. The number of hydrogen-bond donors (Lipinski definition) is 3. The van der Waals surface area contributed by atoms with Crippen molar-refractivity contribution in [3.8, 4) is 0 Å². The molecule has 0 aromatic heterocycles. The topological polar surface area (TPSA) is 147 Å². The van der Waals surface area contributed by atoms with E-state index in [0.29, 0.717) is 0 Å². The minimum absolute atomic E-state index is 0.619. The largest absolute Gasteiger partial charge is 0.481 e. The first-order valence-electron chi connectivity index (χ1n) is 4.26. The molecule has 0 amide bonds. The molecule has 0 aliphatic heterocycles. The molecule has 0 bridgehead atoms. The average Bonchev–Trinajstić information content (AvgIpc) is 2.09. The van der Waals surface area contributed by atoms with Gasteiger partial charge in [0.15, 0.2) is 0 Å². The van der Waals surface area contributed by atoms with Crippen LogP contribution in [0.2, 0.25) is 0 Å². The van der Waals surface area contributed by atoms with Gasteiger partial charge in [-0.1, -0.05) is 13.8 Å². The Morgan fingerprint density at radius 2 is 1.65 bits per heavy atom. The number of ketones is 2. The monoisotopic (exact) mass is 290 g/mol. The van der Waals surface area contributed by atoms with Crippen LogP contribution in [0.1, 0.15) is 13.8 Å². The van der Waals surface area contributed by atoms with Crippen LogP contribution in [0, 0.1) is 5.92 Å². The first-order chi connectivity index (χ1) is 7.44. The van der Waals surface area contributed by atoms with Crippen LogP contribution in [0.25, 0.3) is 0 Å². The quantitative estimate of drug-likeness (QED) is 0.435. The van der Waals surface area contributed by atoms with E-state index in [-0.39, 0.29) is 0 Å². The Morgan fingerprint density at radius 1 is 1.18 bits per heavy atom. The summed E-state index contributed by atoms with van der Waals surface area (Å²) in [4.78, 5) is 47.3. The van der Waals surface area contributed by atoms with E-state index in [4.69, 9.17) is 14.7 Å². The van der Waals surface area contributed by atoms with E-state index in [9.17, 15) is 18.7 Å². The Bertz CT molecular complexity index is 394. The van der Waals surface area contributed by atoms with Gasteiger partial charge in [-0.3, -0.25) is 14.1 Å². The van der Waals surface area contributed by atoms with Crippen molar-refractivity contribution in [1.29, 1.82) is 0 Å². The van der Waals surface area contributed by atoms with E-state index in [2.05, 4.69) is 8.83 Å². The summed E-state index contributed by atoms with van der Waals surface area (Å²) in [6.45, 7) is 1.78. The summed E-state index contributed by atoms with van der Waals surface area (Å²) < 4.78 is 28.5. The summed E-state index contributed by atoms with van der Waals surface area (Å²) in [5, 5.41) is 0. The summed E-state index contributed by atoms with van der Waals surface area (Å²) in [6.07, 6.45) is 0. The second-order valence-electron chi connectivity index (χ2n) is 3.26. The lowest BCUT2D eigenvalue weighted by atomic mass is 10.1. The van der Waals surface area contributed by atoms with Crippen LogP contribution in [0.15, 0.2) is 0 Å². The molecule has 0 aromatic rings. The van der Waals surface area contributed by atoms with Gasteiger partial charge in [-0.05, 0) is 0 Å². The van der Waals surface area contributed by atoms with Crippen molar-refractivity contribution < 1.29 is 42.2 Å². The van der Waals surface area contributed by atoms with E-state index in [1.54, 1.807) is 0 Å². The predicted molar refractivity (Wildman–Crippen MR) is 53.8 cm³/mol. The van der Waals surface area contributed by atoms with Gasteiger partial charge >= 0.3 is 15.6 Å². The van der Waals surface area contributed by atoms with Crippen molar-refractivity contribution in [2.24, 2.45) is 5.92 Å². The molecule has 0 aliphatic carbocycles. The summed E-state index contributed by atoms with van der Waals surface area (Å²) >= 11 is 0. The van der Waals surface area contributed by atoms with E-state index in [1.807, 2.05) is 0 Å². The number of Topliss-reactive ketones (excluding diaryl/α,β-unsaturated/α-hetero) is 2. The molecule has 3 N–H and O–H groups in total. The van der Waals surface area contributed by atoms with Crippen LogP contribution < -0.4 is 0 Å². The molecular formula is C6H12O9P2. The zero-order valence-electron chi connectivity index (χ0n) is 8.97. The van der Waals surface area contributed by atoms with Crippen molar-refractivity contribution in [3.05, 3.63) is 0 Å². The van der Waals surface area contributed by atoms with E-state index >= 15 is 0 Å². The minimum atomic E-state index is -5.22. The molecule has 1 atom stereocenters. The third-order valence-electron chi connectivity index (χ3n) is 1.37. The van der Waals surface area contributed by atoms with Crippen molar-refractivity contribution in [1.82, 2.24) is 0 Å². The van der Waals surface area contributed by atoms with Crippen LogP contribution in [0.5, 0.6) is 0 Å². The highest BCUT2D eigenvalue weighted by Gasteiger charge is 2.33. The van der Waals surface area contributed by atoms with Crippen LogP contribution in [-0.4, -0.2) is 32.9 Å². The molecule has 0 saturated carbocycles. The summed E-state index contributed by atoms with van der Waals surface area (Å²) in [5.41, 5.74) is 0. The lowest BCUT2D eigenvalue weighted by Gasteiger charge is -2.11. The number of carbonyl (C=O) groups is 2. The number of phosphoric acid groups is 2. The molecule has 0 saturated heterocycles. The number of hydrogen-bond acceptors (Lipinski definition) is 6. The summed E-state index contributed by atoms with van der Waals surface area (Å²) in [7, 11) is -10.3. The highest BCUT2D eigenvalue weighted by atomic mass is 31.3. The van der Waals surface area contributed by atoms with Gasteiger partial charge in [0.25, 0.3) is 0 Å². The van der Waals surface area contributed by atoms with Gasteiger partial charge in [0.1, 0.15) is 6.61 Å². The maximum absolute atomic E-state index is 11.0. The van der Waals surface area contributed by atoms with Gasteiger partial charge < -0.3 is 14.7 Å². The molecule has 0 aliphatic rings. The van der Waals surface area contributed by atoms with Crippen molar-refractivity contribution in [3.63, 3.8) is 0 Å². The van der Waals surface area contributed by atoms with Crippen LogP contribution in [0.3, 0.4) is 0 Å². The van der Waals surface area contributed by atoms with Crippen LogP contribution in [-0.2, 0) is 27.6 Å². The number of carbonyl (C=O) groups excluding carboxylic acids is 2. The molecule has 0 rings (SSSR count). The molecule has 0 spiro atoms. The SMILES string of the molecule is CC(C)C(=O)C(=O)COP(=O)(O)OP(=O)(O)O. The fourth-order valence-electron chi connectivity index (χ4n) is 0.691. The Kier molecular flexibility index (Phi) is 5.83. The lowest BCUT2D eigenvalue weighted by molar-refractivity contribution is -0.139. The van der Waals surface area contributed by atoms with Gasteiger partial charge in [-0.25, -0.2) is 9.13 Å². The standard InChI is InChI=1S/C6H12O9P2/c1-4(2)6(8)5(7)3-14-17(12,13)15-16(9,10)11/h4H,3H2,1-2H3,(H,12,13)(H2,9,10,11). The minimum Gasteiger partial charge on any atom is -0.302 e. The molecule has 0 radical (unpaired) electrons. The number of phosphoric ester groups is 1. The zero-order valence-corrected chi connectivity index (χ0v) is 10.8. The first kappa shape index (κ1) is 16.6. The molecule has 1 unspecified atom stereocenters. The van der Waals surface area contributed by atoms with Crippen molar-refractivity contribution in [2.75, 3.05) is 6.61 Å². The molecule has 100 valence electrons. The first-order valence-corrected chi connectivity index (χ1v) is 7.28.